The first-order valence-electron chi connectivity index (χ1n) is 7.18. The van der Waals surface area contributed by atoms with Gasteiger partial charge in [0.25, 0.3) is 0 Å². The van der Waals surface area contributed by atoms with E-state index in [9.17, 15) is 4.79 Å². The van der Waals surface area contributed by atoms with Crippen molar-refractivity contribution >= 4 is 10.9 Å². The number of pyridine rings is 1. The predicted octanol–water partition coefficient (Wildman–Crippen LogP) is 4.49. The molecule has 0 radical (unpaired) electrons. The molecule has 0 saturated heterocycles. The number of fused-ring (bicyclic) bond motifs is 1. The molecule has 0 aliphatic heterocycles. The highest BCUT2D eigenvalue weighted by Gasteiger charge is 2.16. The maximum absolute atomic E-state index is 12.4. The van der Waals surface area contributed by atoms with Crippen molar-refractivity contribution in [2.75, 3.05) is 0 Å². The largest absolute Gasteiger partial charge is 0.358 e. The van der Waals surface area contributed by atoms with Crippen molar-refractivity contribution in [1.82, 2.24) is 4.98 Å². The van der Waals surface area contributed by atoms with Crippen LogP contribution >= 0.6 is 0 Å². The van der Waals surface area contributed by atoms with Crippen LogP contribution in [0.15, 0.2) is 59.4 Å². The van der Waals surface area contributed by atoms with Crippen molar-refractivity contribution < 1.29 is 0 Å². The van der Waals surface area contributed by atoms with Crippen molar-refractivity contribution in [1.29, 1.82) is 0 Å². The van der Waals surface area contributed by atoms with Crippen LogP contribution in [0, 0.1) is 0 Å². The van der Waals surface area contributed by atoms with Gasteiger partial charge in [0.1, 0.15) is 0 Å². The Kier molecular flexibility index (Phi) is 3.17. The molecular formula is C19H19NO. The minimum absolute atomic E-state index is 0.0640. The van der Waals surface area contributed by atoms with E-state index in [-0.39, 0.29) is 10.8 Å². The molecule has 2 nitrogen and oxygen atoms in total. The lowest BCUT2D eigenvalue weighted by Gasteiger charge is -2.19. The van der Waals surface area contributed by atoms with Gasteiger partial charge in [-0.3, -0.25) is 4.79 Å². The summed E-state index contributed by atoms with van der Waals surface area (Å²) < 4.78 is 0. The van der Waals surface area contributed by atoms with E-state index >= 15 is 0 Å². The van der Waals surface area contributed by atoms with Gasteiger partial charge in [0.05, 0.1) is 0 Å². The SMILES string of the molecule is CC(C)(C)c1cc(=O)c2cc(-c3ccccc3)ccc2[nH]1. The topological polar surface area (TPSA) is 32.9 Å². The van der Waals surface area contributed by atoms with Crippen LogP contribution in [0.4, 0.5) is 0 Å². The Balaban J connectivity index is 2.20. The first-order chi connectivity index (χ1) is 9.95. The van der Waals surface area contributed by atoms with Gasteiger partial charge in [0.2, 0.25) is 0 Å². The van der Waals surface area contributed by atoms with Gasteiger partial charge in [-0.1, -0.05) is 57.2 Å². The quantitative estimate of drug-likeness (QED) is 0.698. The number of nitrogens with one attached hydrogen (secondary N) is 1. The van der Waals surface area contributed by atoms with Crippen LogP contribution in [0.2, 0.25) is 0 Å². The van der Waals surface area contributed by atoms with Crippen molar-refractivity contribution in [2.24, 2.45) is 0 Å². The third kappa shape index (κ3) is 2.62. The van der Waals surface area contributed by atoms with E-state index in [1.807, 2.05) is 30.3 Å². The number of aromatic nitrogens is 1. The lowest BCUT2D eigenvalue weighted by Crippen LogP contribution is -2.17. The van der Waals surface area contributed by atoms with Crippen LogP contribution in [-0.4, -0.2) is 4.98 Å². The summed E-state index contributed by atoms with van der Waals surface area (Å²) in [4.78, 5) is 15.8. The molecule has 0 atom stereocenters. The zero-order valence-electron chi connectivity index (χ0n) is 12.6. The summed E-state index contributed by atoms with van der Waals surface area (Å²) in [6.45, 7) is 6.30. The first-order valence-corrected chi connectivity index (χ1v) is 7.18. The average Bonchev–Trinajstić information content (AvgIpc) is 2.47. The van der Waals surface area contributed by atoms with Crippen molar-refractivity contribution in [3.8, 4) is 11.1 Å². The van der Waals surface area contributed by atoms with Crippen LogP contribution in [0.5, 0.6) is 0 Å². The van der Waals surface area contributed by atoms with Gasteiger partial charge in [-0.15, -0.1) is 0 Å². The van der Waals surface area contributed by atoms with Gasteiger partial charge in [-0.25, -0.2) is 0 Å². The number of benzene rings is 2. The summed E-state index contributed by atoms with van der Waals surface area (Å²) in [6, 6.07) is 17.9. The number of aromatic amines is 1. The average molecular weight is 277 g/mol. The molecule has 1 heterocycles. The monoisotopic (exact) mass is 277 g/mol. The summed E-state index contributed by atoms with van der Waals surface area (Å²) in [6.07, 6.45) is 0. The number of hydrogen-bond acceptors (Lipinski definition) is 1. The fraction of sp³-hybridized carbons (Fsp3) is 0.211. The van der Waals surface area contributed by atoms with Crippen LogP contribution in [0.25, 0.3) is 22.0 Å². The van der Waals surface area contributed by atoms with Crippen LogP contribution in [0.3, 0.4) is 0 Å². The van der Waals surface area contributed by atoms with Gasteiger partial charge in [-0.2, -0.15) is 0 Å². The second-order valence-electron chi connectivity index (χ2n) is 6.42. The molecule has 3 rings (SSSR count). The predicted molar refractivity (Wildman–Crippen MR) is 88.7 cm³/mol. The van der Waals surface area contributed by atoms with Gasteiger partial charge < -0.3 is 4.98 Å². The molecule has 0 bridgehead atoms. The fourth-order valence-electron chi connectivity index (χ4n) is 2.46. The summed E-state index contributed by atoms with van der Waals surface area (Å²) in [5, 5.41) is 0.740. The maximum Gasteiger partial charge on any atom is 0.189 e. The van der Waals surface area contributed by atoms with E-state index in [1.165, 1.54) is 0 Å². The molecule has 106 valence electrons. The molecule has 0 fully saturated rings. The molecule has 0 aliphatic carbocycles. The van der Waals surface area contributed by atoms with Gasteiger partial charge in [0.15, 0.2) is 5.43 Å². The maximum atomic E-state index is 12.4. The Labute approximate surface area is 124 Å². The van der Waals surface area contributed by atoms with Gasteiger partial charge in [-0.05, 0) is 23.3 Å². The van der Waals surface area contributed by atoms with Crippen LogP contribution in [-0.2, 0) is 5.41 Å². The molecule has 2 aromatic carbocycles. The van der Waals surface area contributed by atoms with E-state index < -0.39 is 0 Å². The minimum atomic E-state index is -0.0640. The molecule has 0 saturated carbocycles. The molecule has 0 amide bonds. The summed E-state index contributed by atoms with van der Waals surface area (Å²) >= 11 is 0. The van der Waals surface area contributed by atoms with E-state index in [2.05, 4.69) is 44.0 Å². The molecule has 0 aliphatic rings. The van der Waals surface area contributed by atoms with E-state index in [4.69, 9.17) is 0 Å². The zero-order chi connectivity index (χ0) is 15.0. The Morgan fingerprint density at radius 2 is 1.57 bits per heavy atom. The molecular weight excluding hydrogens is 258 g/mol. The van der Waals surface area contributed by atoms with Crippen LogP contribution < -0.4 is 5.43 Å². The van der Waals surface area contributed by atoms with Crippen molar-refractivity contribution in [3.63, 3.8) is 0 Å². The summed E-state index contributed by atoms with van der Waals surface area (Å²) in [5.74, 6) is 0. The van der Waals surface area contributed by atoms with E-state index in [0.29, 0.717) is 0 Å². The second-order valence-corrected chi connectivity index (χ2v) is 6.42. The van der Waals surface area contributed by atoms with E-state index in [0.717, 1.165) is 27.7 Å². The third-order valence-electron chi connectivity index (χ3n) is 3.74. The fourth-order valence-corrected chi connectivity index (χ4v) is 2.46. The molecule has 1 N–H and O–H groups in total. The highest BCUT2D eigenvalue weighted by molar-refractivity contribution is 5.84. The lowest BCUT2D eigenvalue weighted by molar-refractivity contribution is 0.571. The Bertz CT molecular complexity index is 839. The Morgan fingerprint density at radius 3 is 2.24 bits per heavy atom. The molecule has 1 aromatic heterocycles. The number of H-pyrrole nitrogens is 1. The highest BCUT2D eigenvalue weighted by atomic mass is 16.1. The van der Waals surface area contributed by atoms with Gasteiger partial charge in [0, 0.05) is 28.1 Å². The zero-order valence-corrected chi connectivity index (χ0v) is 12.6. The second kappa shape index (κ2) is 4.88. The van der Waals surface area contributed by atoms with Crippen molar-refractivity contribution in [3.05, 3.63) is 70.5 Å². The molecule has 0 unspecified atom stereocenters. The van der Waals surface area contributed by atoms with Crippen molar-refractivity contribution in [2.45, 2.75) is 26.2 Å². The molecule has 3 aromatic rings. The van der Waals surface area contributed by atoms with E-state index in [1.54, 1.807) is 6.07 Å². The van der Waals surface area contributed by atoms with Gasteiger partial charge >= 0.3 is 0 Å². The first kappa shape index (κ1) is 13.6. The highest BCUT2D eigenvalue weighted by Crippen LogP contribution is 2.24. The minimum Gasteiger partial charge on any atom is -0.358 e. The summed E-state index contributed by atoms with van der Waals surface area (Å²) in [5.41, 5.74) is 4.06. The number of hydrogen-bond donors (Lipinski definition) is 1. The Morgan fingerprint density at radius 1 is 0.857 bits per heavy atom. The molecule has 21 heavy (non-hydrogen) atoms. The molecule has 2 heteroatoms. The smallest absolute Gasteiger partial charge is 0.189 e. The Hall–Kier alpha value is -2.35. The van der Waals surface area contributed by atoms with Crippen LogP contribution in [0.1, 0.15) is 26.5 Å². The standard InChI is InChI=1S/C19H19NO/c1-19(2,3)18-12-17(21)15-11-14(9-10-16(15)20-18)13-7-5-4-6-8-13/h4-12H,1-3H3,(H,20,21). The third-order valence-corrected chi connectivity index (χ3v) is 3.74. The normalized spacial score (nSPS) is 11.8. The molecule has 0 spiro atoms. The lowest BCUT2D eigenvalue weighted by atomic mass is 9.91. The number of rotatable bonds is 1. The summed E-state index contributed by atoms with van der Waals surface area (Å²) in [7, 11) is 0.